The molecule has 2 aliphatic heterocycles. The highest BCUT2D eigenvalue weighted by atomic mass is 16.5. The third-order valence-corrected chi connectivity index (χ3v) is 6.20. The number of piperidine rings is 1. The minimum absolute atomic E-state index is 0.0810. The van der Waals surface area contributed by atoms with Gasteiger partial charge in [-0.05, 0) is 18.8 Å². The second kappa shape index (κ2) is 10.4. The Morgan fingerprint density at radius 3 is 2.55 bits per heavy atom. The molecule has 3 heterocycles. The van der Waals surface area contributed by atoms with Gasteiger partial charge in [0.05, 0.1) is 12.3 Å². The number of hydrogen-bond donors (Lipinski definition) is 0. The maximum absolute atomic E-state index is 12.4. The first-order chi connectivity index (χ1) is 14.8. The van der Waals surface area contributed by atoms with Crippen molar-refractivity contribution in [1.29, 1.82) is 0 Å². The van der Waals surface area contributed by atoms with Gasteiger partial charge in [0.2, 0.25) is 11.8 Å². The molecule has 2 fully saturated rings. The van der Waals surface area contributed by atoms with Gasteiger partial charge in [0.1, 0.15) is 11.6 Å². The van der Waals surface area contributed by atoms with Crippen molar-refractivity contribution in [1.82, 2.24) is 19.8 Å². The predicted octanol–water partition coefficient (Wildman–Crippen LogP) is 2.26. The molecule has 1 aromatic rings. The van der Waals surface area contributed by atoms with Gasteiger partial charge >= 0.3 is 0 Å². The molecule has 8 nitrogen and oxygen atoms in total. The summed E-state index contributed by atoms with van der Waals surface area (Å²) in [5.74, 6) is 2.83. The lowest BCUT2D eigenvalue weighted by molar-refractivity contribution is -0.133. The molecular weight excluding hydrogens is 394 g/mol. The largest absolute Gasteiger partial charge is 0.383 e. The molecule has 2 saturated heterocycles. The Bertz CT molecular complexity index is 774. The molecule has 31 heavy (non-hydrogen) atoms. The van der Waals surface area contributed by atoms with Crippen LogP contribution in [0.3, 0.4) is 0 Å². The molecule has 0 saturated carbocycles. The number of ether oxygens (including phenoxy) is 1. The van der Waals surface area contributed by atoms with E-state index in [-0.39, 0.29) is 23.7 Å². The van der Waals surface area contributed by atoms with Crippen molar-refractivity contribution in [2.24, 2.45) is 5.92 Å². The molecule has 0 radical (unpaired) electrons. The van der Waals surface area contributed by atoms with Crippen LogP contribution in [-0.4, -0.2) is 85.6 Å². The molecule has 2 amide bonds. The minimum Gasteiger partial charge on any atom is -0.383 e. The van der Waals surface area contributed by atoms with Crippen LogP contribution in [0.4, 0.5) is 5.82 Å². The van der Waals surface area contributed by atoms with Crippen LogP contribution in [0.15, 0.2) is 6.07 Å². The summed E-state index contributed by atoms with van der Waals surface area (Å²) in [6.07, 6.45) is 2.85. The third-order valence-electron chi connectivity index (χ3n) is 6.20. The van der Waals surface area contributed by atoms with E-state index in [9.17, 15) is 9.59 Å². The molecule has 3 rings (SSSR count). The van der Waals surface area contributed by atoms with Crippen molar-refractivity contribution < 1.29 is 14.3 Å². The lowest BCUT2D eigenvalue weighted by Crippen LogP contribution is -2.38. The Morgan fingerprint density at radius 1 is 1.23 bits per heavy atom. The van der Waals surface area contributed by atoms with Crippen LogP contribution in [0, 0.1) is 5.92 Å². The summed E-state index contributed by atoms with van der Waals surface area (Å²) in [7, 11) is 5.61. The third kappa shape index (κ3) is 5.93. The summed E-state index contributed by atoms with van der Waals surface area (Å²) in [6.45, 7) is 7.51. The monoisotopic (exact) mass is 431 g/mol. The molecule has 1 aromatic heterocycles. The van der Waals surface area contributed by atoms with E-state index in [0.717, 1.165) is 43.3 Å². The molecule has 0 spiro atoms. The Morgan fingerprint density at radius 2 is 1.94 bits per heavy atom. The highest BCUT2D eigenvalue weighted by molar-refractivity contribution is 5.79. The summed E-state index contributed by atoms with van der Waals surface area (Å²) in [4.78, 5) is 40.4. The fourth-order valence-corrected chi connectivity index (χ4v) is 4.35. The van der Waals surface area contributed by atoms with Crippen molar-refractivity contribution >= 4 is 17.6 Å². The molecule has 0 aromatic carbocycles. The number of anilines is 1. The second-order valence-electron chi connectivity index (χ2n) is 9.39. The number of carbonyl (C=O) groups is 2. The average Bonchev–Trinajstić information content (AvgIpc) is 3.12. The summed E-state index contributed by atoms with van der Waals surface area (Å²) in [6, 6.07) is 2.02. The van der Waals surface area contributed by atoms with Gasteiger partial charge in [0.25, 0.3) is 0 Å². The number of nitrogens with zero attached hydrogens (tertiary/aromatic N) is 5. The first-order valence-corrected chi connectivity index (χ1v) is 11.4. The van der Waals surface area contributed by atoms with Crippen molar-refractivity contribution in [2.45, 2.75) is 51.4 Å². The van der Waals surface area contributed by atoms with Crippen LogP contribution in [0.1, 0.15) is 62.9 Å². The maximum Gasteiger partial charge on any atom is 0.223 e. The molecule has 0 N–H and O–H groups in total. The lowest BCUT2D eigenvalue weighted by atomic mass is 9.94. The van der Waals surface area contributed by atoms with Crippen molar-refractivity contribution in [3.63, 3.8) is 0 Å². The minimum atomic E-state index is 0.0810. The van der Waals surface area contributed by atoms with Gasteiger partial charge in [-0.25, -0.2) is 9.97 Å². The van der Waals surface area contributed by atoms with E-state index in [4.69, 9.17) is 14.7 Å². The Labute approximate surface area is 186 Å². The quantitative estimate of drug-likeness (QED) is 0.628. The van der Waals surface area contributed by atoms with E-state index in [1.165, 1.54) is 0 Å². The molecule has 0 aliphatic carbocycles. The molecule has 8 heteroatoms. The number of amides is 2. The first-order valence-electron chi connectivity index (χ1n) is 11.4. The highest BCUT2D eigenvalue weighted by Crippen LogP contribution is 2.32. The van der Waals surface area contributed by atoms with Gasteiger partial charge in [-0.3, -0.25) is 9.59 Å². The number of hydrogen-bond acceptors (Lipinski definition) is 6. The van der Waals surface area contributed by atoms with Gasteiger partial charge in [-0.1, -0.05) is 13.8 Å². The molecule has 0 unspecified atom stereocenters. The van der Waals surface area contributed by atoms with Crippen LogP contribution in [0.5, 0.6) is 0 Å². The summed E-state index contributed by atoms with van der Waals surface area (Å²) in [5.41, 5.74) is 0.945. The highest BCUT2D eigenvalue weighted by Gasteiger charge is 2.33. The number of carbonyl (C=O) groups excluding carboxylic acids is 2. The molecule has 2 aliphatic rings. The van der Waals surface area contributed by atoms with Crippen LogP contribution >= 0.6 is 0 Å². The van der Waals surface area contributed by atoms with E-state index >= 15 is 0 Å². The van der Waals surface area contributed by atoms with Crippen molar-refractivity contribution in [3.8, 4) is 0 Å². The number of likely N-dealkylation sites (tertiary alicyclic amines) is 2. The number of methoxy groups -OCH3 is 1. The molecule has 172 valence electrons. The zero-order valence-corrected chi connectivity index (χ0v) is 19.6. The zero-order valence-electron chi connectivity index (χ0n) is 19.6. The standard InChI is InChI=1S/C23H37N5O3/c1-16(2)12-21(29)27-8-6-17(7-9-27)23-24-19(14-20(25-23)26(3)4)18-13-22(30)28(15-18)10-11-31-5/h14,16-18H,6-13,15H2,1-5H3/t18-/m0/s1. The van der Waals surface area contributed by atoms with Gasteiger partial charge in [0.15, 0.2) is 0 Å². The van der Waals surface area contributed by atoms with E-state index in [2.05, 4.69) is 13.8 Å². The predicted molar refractivity (Wildman–Crippen MR) is 120 cm³/mol. The van der Waals surface area contributed by atoms with Crippen LogP contribution in [0.2, 0.25) is 0 Å². The topological polar surface area (TPSA) is 78.9 Å². The van der Waals surface area contributed by atoms with Gasteiger partial charge in [-0.2, -0.15) is 0 Å². The van der Waals surface area contributed by atoms with E-state index < -0.39 is 0 Å². The summed E-state index contributed by atoms with van der Waals surface area (Å²) >= 11 is 0. The Hall–Kier alpha value is -2.22. The van der Waals surface area contributed by atoms with Gasteiger partial charge < -0.3 is 19.4 Å². The van der Waals surface area contributed by atoms with E-state index in [0.29, 0.717) is 38.5 Å². The number of aromatic nitrogens is 2. The van der Waals surface area contributed by atoms with E-state index in [1.54, 1.807) is 7.11 Å². The molecule has 0 bridgehead atoms. The SMILES string of the molecule is COCCN1C[C@@H](c2cc(N(C)C)nc(C3CCN(C(=O)CC(C)C)CC3)n2)CC1=O. The Balaban J connectivity index is 1.73. The molecule has 1 atom stereocenters. The van der Waals surface area contributed by atoms with Crippen LogP contribution in [-0.2, 0) is 14.3 Å². The molecular formula is C23H37N5O3. The normalized spacial score (nSPS) is 20.1. The number of rotatable bonds is 8. The fraction of sp³-hybridized carbons (Fsp3) is 0.739. The fourth-order valence-electron chi connectivity index (χ4n) is 4.35. The lowest BCUT2D eigenvalue weighted by Gasteiger charge is -2.32. The van der Waals surface area contributed by atoms with Crippen molar-refractivity contribution in [3.05, 3.63) is 17.6 Å². The first kappa shape index (κ1) is 23.4. The van der Waals surface area contributed by atoms with Crippen LogP contribution < -0.4 is 4.90 Å². The van der Waals surface area contributed by atoms with Gasteiger partial charge in [0, 0.05) is 78.1 Å². The van der Waals surface area contributed by atoms with Gasteiger partial charge in [-0.15, -0.1) is 0 Å². The van der Waals surface area contributed by atoms with Crippen LogP contribution in [0.25, 0.3) is 0 Å². The average molecular weight is 432 g/mol. The second-order valence-corrected chi connectivity index (χ2v) is 9.39. The Kier molecular flexibility index (Phi) is 7.86. The van der Waals surface area contributed by atoms with Crippen molar-refractivity contribution in [2.75, 3.05) is 58.9 Å². The summed E-state index contributed by atoms with van der Waals surface area (Å²) < 4.78 is 5.13. The summed E-state index contributed by atoms with van der Waals surface area (Å²) in [5, 5.41) is 0. The van der Waals surface area contributed by atoms with E-state index in [1.807, 2.05) is 34.9 Å². The zero-order chi connectivity index (χ0) is 22.5. The maximum atomic E-state index is 12.4. The smallest absolute Gasteiger partial charge is 0.223 e.